The van der Waals surface area contributed by atoms with Crippen LogP contribution in [-0.4, -0.2) is 12.9 Å². The van der Waals surface area contributed by atoms with Crippen molar-refractivity contribution in [1.82, 2.24) is 0 Å². The number of carbonyl (C=O) groups excluding carboxylic acids is 1. The summed E-state index contributed by atoms with van der Waals surface area (Å²) in [6, 6.07) is 1.78. The highest BCUT2D eigenvalue weighted by molar-refractivity contribution is 5.71. The third-order valence-corrected chi connectivity index (χ3v) is 1.78. The lowest BCUT2D eigenvalue weighted by molar-refractivity contribution is 0.0917. The van der Waals surface area contributed by atoms with Crippen LogP contribution in [0.2, 0.25) is 0 Å². The summed E-state index contributed by atoms with van der Waals surface area (Å²) in [7, 11) is 0. The van der Waals surface area contributed by atoms with Crippen LogP contribution in [0.3, 0.4) is 0 Å². The molecule has 0 spiro atoms. The minimum Gasteiger partial charge on any atom is -0.456 e. The topological polar surface area (TPSA) is 39.4 Å². The van der Waals surface area contributed by atoms with Crippen LogP contribution < -0.4 is 0 Å². The van der Waals surface area contributed by atoms with Gasteiger partial charge in [0.25, 0.3) is 0 Å². The van der Waals surface area contributed by atoms with Gasteiger partial charge in [0.15, 0.2) is 12.0 Å². The van der Waals surface area contributed by atoms with Gasteiger partial charge >= 0.3 is 0 Å². The maximum Gasteiger partial charge on any atom is 0.185 e. The van der Waals surface area contributed by atoms with Gasteiger partial charge in [0, 0.05) is 0 Å². The van der Waals surface area contributed by atoms with Crippen molar-refractivity contribution >= 4 is 6.29 Å². The molecule has 0 radical (unpaired) electrons. The lowest BCUT2D eigenvalue weighted by Gasteiger charge is -2.08. The number of aldehydes is 1. The Labute approximate surface area is 64.0 Å². The number of rotatable bonds is 1. The van der Waals surface area contributed by atoms with E-state index in [1.54, 1.807) is 6.07 Å². The van der Waals surface area contributed by atoms with Crippen molar-refractivity contribution < 1.29 is 13.9 Å². The van der Waals surface area contributed by atoms with E-state index < -0.39 is 0 Å². The third kappa shape index (κ3) is 1.07. The molecule has 11 heavy (non-hydrogen) atoms. The molecule has 1 aliphatic rings. The summed E-state index contributed by atoms with van der Waals surface area (Å²) in [6.07, 6.45) is 1.57. The van der Waals surface area contributed by atoms with Gasteiger partial charge in [-0.2, -0.15) is 0 Å². The Kier molecular flexibility index (Phi) is 1.51. The molecule has 58 valence electrons. The molecule has 3 heteroatoms. The average Bonchev–Trinajstić information content (AvgIpc) is 2.46. The molecule has 0 aliphatic carbocycles. The van der Waals surface area contributed by atoms with Crippen molar-refractivity contribution in [3.05, 3.63) is 23.2 Å². The number of fused-ring (bicyclic) bond motifs is 1. The monoisotopic (exact) mass is 152 g/mol. The van der Waals surface area contributed by atoms with E-state index >= 15 is 0 Å². The van der Waals surface area contributed by atoms with Gasteiger partial charge in [0.1, 0.15) is 12.4 Å². The van der Waals surface area contributed by atoms with Crippen LogP contribution in [0.5, 0.6) is 0 Å². The Bertz CT molecular complexity index is 251. The van der Waals surface area contributed by atoms with Crippen molar-refractivity contribution in [3.63, 3.8) is 0 Å². The molecule has 0 amide bonds. The van der Waals surface area contributed by atoms with Crippen molar-refractivity contribution in [2.75, 3.05) is 6.61 Å². The van der Waals surface area contributed by atoms with Crippen LogP contribution >= 0.6 is 0 Å². The van der Waals surface area contributed by atoms with Gasteiger partial charge in [-0.25, -0.2) is 0 Å². The summed E-state index contributed by atoms with van der Waals surface area (Å²) < 4.78 is 10.3. The average molecular weight is 152 g/mol. The fourth-order valence-corrected chi connectivity index (χ4v) is 1.23. The van der Waals surface area contributed by atoms with Crippen LogP contribution in [0.1, 0.15) is 21.9 Å². The Hall–Kier alpha value is -1.09. The highest BCUT2D eigenvalue weighted by atomic mass is 16.5. The number of hydrogen-bond acceptors (Lipinski definition) is 3. The first-order valence-electron chi connectivity index (χ1n) is 3.54. The molecule has 2 heterocycles. The fourth-order valence-electron chi connectivity index (χ4n) is 1.23. The zero-order valence-electron chi connectivity index (χ0n) is 6.00. The van der Waals surface area contributed by atoms with Crippen LogP contribution in [-0.2, 0) is 17.8 Å². The second-order valence-corrected chi connectivity index (χ2v) is 2.52. The molecule has 3 nitrogen and oxygen atoms in total. The number of ether oxygens (including phenoxy) is 1. The molecular formula is C8H8O3. The quantitative estimate of drug-likeness (QED) is 0.567. The second kappa shape index (κ2) is 2.51. The smallest absolute Gasteiger partial charge is 0.185 e. The molecule has 0 aromatic carbocycles. The zero-order valence-corrected chi connectivity index (χ0v) is 6.00. The van der Waals surface area contributed by atoms with Gasteiger partial charge in [-0.05, 0) is 18.1 Å². The van der Waals surface area contributed by atoms with Crippen molar-refractivity contribution in [1.29, 1.82) is 0 Å². The molecule has 0 bridgehead atoms. The van der Waals surface area contributed by atoms with Crippen LogP contribution in [0.25, 0.3) is 0 Å². The Balaban J connectivity index is 2.39. The molecule has 0 fully saturated rings. The van der Waals surface area contributed by atoms with E-state index in [0.29, 0.717) is 12.4 Å². The maximum atomic E-state index is 10.3. The largest absolute Gasteiger partial charge is 0.456 e. The second-order valence-electron chi connectivity index (χ2n) is 2.52. The molecule has 1 aromatic rings. The predicted octanol–water partition coefficient (Wildman–Crippen LogP) is 1.16. The lowest BCUT2D eigenvalue weighted by Crippen LogP contribution is -2.06. The Morgan fingerprint density at radius 1 is 1.55 bits per heavy atom. The summed E-state index contributed by atoms with van der Waals surface area (Å²) in [5.74, 6) is 1.21. The normalized spacial score (nSPS) is 16.0. The van der Waals surface area contributed by atoms with Gasteiger partial charge in [-0.1, -0.05) is 0 Å². The first kappa shape index (κ1) is 6.61. The summed E-state index contributed by atoms with van der Waals surface area (Å²) in [4.78, 5) is 10.3. The van der Waals surface area contributed by atoms with E-state index in [2.05, 4.69) is 0 Å². The minimum absolute atomic E-state index is 0.403. The molecule has 2 rings (SSSR count). The fraction of sp³-hybridized carbons (Fsp3) is 0.375. The molecular weight excluding hydrogens is 144 g/mol. The summed E-state index contributed by atoms with van der Waals surface area (Å²) in [5.41, 5.74) is 1.11. The van der Waals surface area contributed by atoms with Crippen LogP contribution in [0.4, 0.5) is 0 Å². The van der Waals surface area contributed by atoms with Gasteiger partial charge in [0.2, 0.25) is 0 Å². The summed E-state index contributed by atoms with van der Waals surface area (Å²) in [5, 5.41) is 0. The highest BCUT2D eigenvalue weighted by Crippen LogP contribution is 2.19. The first-order chi connectivity index (χ1) is 5.40. The Morgan fingerprint density at radius 3 is 3.18 bits per heavy atom. The van der Waals surface area contributed by atoms with Gasteiger partial charge in [0.05, 0.1) is 6.61 Å². The van der Waals surface area contributed by atoms with E-state index in [1.165, 1.54) is 0 Å². The van der Waals surface area contributed by atoms with Crippen LogP contribution in [0.15, 0.2) is 10.5 Å². The predicted molar refractivity (Wildman–Crippen MR) is 37.5 cm³/mol. The van der Waals surface area contributed by atoms with E-state index in [4.69, 9.17) is 9.15 Å². The standard InChI is InChI=1S/C8H8O3/c9-4-7-3-6-1-2-10-5-8(6)11-7/h3-4H,1-2,5H2. The number of hydrogen-bond donors (Lipinski definition) is 0. The highest BCUT2D eigenvalue weighted by Gasteiger charge is 2.14. The van der Waals surface area contributed by atoms with E-state index in [9.17, 15) is 4.79 Å². The molecule has 0 saturated carbocycles. The zero-order chi connectivity index (χ0) is 7.68. The van der Waals surface area contributed by atoms with Crippen molar-refractivity contribution in [2.24, 2.45) is 0 Å². The molecule has 0 N–H and O–H groups in total. The van der Waals surface area contributed by atoms with Crippen molar-refractivity contribution in [2.45, 2.75) is 13.0 Å². The third-order valence-electron chi connectivity index (χ3n) is 1.78. The summed E-state index contributed by atoms with van der Waals surface area (Å²) >= 11 is 0. The van der Waals surface area contributed by atoms with Crippen LogP contribution in [0, 0.1) is 0 Å². The van der Waals surface area contributed by atoms with Crippen molar-refractivity contribution in [3.8, 4) is 0 Å². The number of furan rings is 1. The van der Waals surface area contributed by atoms with Gasteiger partial charge in [-0.3, -0.25) is 4.79 Å². The molecule has 0 atom stereocenters. The van der Waals surface area contributed by atoms with E-state index in [-0.39, 0.29) is 0 Å². The maximum absolute atomic E-state index is 10.3. The molecule has 1 aromatic heterocycles. The Morgan fingerprint density at radius 2 is 2.45 bits per heavy atom. The van der Waals surface area contributed by atoms with E-state index in [0.717, 1.165) is 30.6 Å². The van der Waals surface area contributed by atoms with Gasteiger partial charge in [-0.15, -0.1) is 0 Å². The minimum atomic E-state index is 0.403. The molecule has 1 aliphatic heterocycles. The van der Waals surface area contributed by atoms with E-state index in [1.807, 2.05) is 0 Å². The van der Waals surface area contributed by atoms with Gasteiger partial charge < -0.3 is 9.15 Å². The molecule has 0 saturated heterocycles. The SMILES string of the molecule is O=Cc1cc2c(o1)COCC2. The first-order valence-corrected chi connectivity index (χ1v) is 3.54. The number of carbonyl (C=O) groups is 1. The lowest BCUT2D eigenvalue weighted by atomic mass is 10.1. The molecule has 0 unspecified atom stereocenters. The summed E-state index contributed by atoms with van der Waals surface area (Å²) in [6.45, 7) is 1.23.